The van der Waals surface area contributed by atoms with Crippen LogP contribution in [0.25, 0.3) is 10.9 Å². The zero-order valence-electron chi connectivity index (χ0n) is 12.3. The second-order valence-corrected chi connectivity index (χ2v) is 5.88. The summed E-state index contributed by atoms with van der Waals surface area (Å²) in [4.78, 5) is 17.0. The van der Waals surface area contributed by atoms with Crippen molar-refractivity contribution in [1.82, 2.24) is 9.88 Å². The third-order valence-corrected chi connectivity index (χ3v) is 4.21. The van der Waals surface area contributed by atoms with Crippen LogP contribution < -0.4 is 5.32 Å². The van der Waals surface area contributed by atoms with Gasteiger partial charge in [-0.3, -0.25) is 4.79 Å². The largest absolute Gasteiger partial charge is 0.358 e. The first kappa shape index (κ1) is 13.2. The van der Waals surface area contributed by atoms with E-state index in [2.05, 4.69) is 41.4 Å². The van der Waals surface area contributed by atoms with E-state index in [1.54, 1.807) is 6.92 Å². The fourth-order valence-corrected chi connectivity index (χ4v) is 3.12. The number of benzene rings is 1. The van der Waals surface area contributed by atoms with E-state index in [0.29, 0.717) is 6.04 Å². The lowest BCUT2D eigenvalue weighted by Gasteiger charge is -2.28. The third-order valence-electron chi connectivity index (χ3n) is 4.21. The molecule has 3 rings (SSSR count). The summed E-state index contributed by atoms with van der Waals surface area (Å²) in [6.45, 7) is 1.54. The van der Waals surface area contributed by atoms with Gasteiger partial charge in [-0.2, -0.15) is 0 Å². The molecule has 0 spiro atoms. The SMILES string of the molecule is CC(=O)Nc1ccc2[nH]c3c(c2c1)CC(N(C)C)CC3. The van der Waals surface area contributed by atoms with Gasteiger partial charge in [-0.25, -0.2) is 0 Å². The predicted molar refractivity (Wildman–Crippen MR) is 82.1 cm³/mol. The van der Waals surface area contributed by atoms with Crippen molar-refractivity contribution in [2.45, 2.75) is 32.2 Å². The van der Waals surface area contributed by atoms with E-state index in [0.717, 1.165) is 18.5 Å². The van der Waals surface area contributed by atoms with Crippen LogP contribution in [0.5, 0.6) is 0 Å². The normalized spacial score (nSPS) is 18.3. The quantitative estimate of drug-likeness (QED) is 0.882. The molecule has 0 saturated carbocycles. The van der Waals surface area contributed by atoms with Crippen molar-refractivity contribution in [3.8, 4) is 0 Å². The van der Waals surface area contributed by atoms with Crippen LogP contribution in [0.2, 0.25) is 0 Å². The van der Waals surface area contributed by atoms with Gasteiger partial charge in [0, 0.05) is 35.2 Å². The highest BCUT2D eigenvalue weighted by Gasteiger charge is 2.23. The molecule has 4 heteroatoms. The Balaban J connectivity index is 2.02. The highest BCUT2D eigenvalue weighted by Crippen LogP contribution is 2.32. The number of nitrogens with zero attached hydrogens (tertiary/aromatic N) is 1. The standard InChI is InChI=1S/C16H21N3O/c1-10(20)17-11-4-6-15-13(8-11)14-9-12(19(2)3)5-7-16(14)18-15/h4,6,8,12,18H,5,7,9H2,1-3H3,(H,17,20). The maximum Gasteiger partial charge on any atom is 0.221 e. The summed E-state index contributed by atoms with van der Waals surface area (Å²) < 4.78 is 0. The number of nitrogens with one attached hydrogen (secondary N) is 2. The van der Waals surface area contributed by atoms with Gasteiger partial charge in [-0.15, -0.1) is 0 Å². The number of carbonyl (C=O) groups excluding carboxylic acids is 1. The van der Waals surface area contributed by atoms with E-state index >= 15 is 0 Å². The number of aromatic nitrogens is 1. The van der Waals surface area contributed by atoms with Crippen LogP contribution in [0.4, 0.5) is 5.69 Å². The van der Waals surface area contributed by atoms with Gasteiger partial charge in [0.25, 0.3) is 0 Å². The van der Waals surface area contributed by atoms with Crippen LogP contribution in [0.3, 0.4) is 0 Å². The molecule has 0 bridgehead atoms. The van der Waals surface area contributed by atoms with E-state index in [9.17, 15) is 4.79 Å². The fourth-order valence-electron chi connectivity index (χ4n) is 3.12. The van der Waals surface area contributed by atoms with E-state index in [1.165, 1.54) is 28.6 Å². The van der Waals surface area contributed by atoms with E-state index < -0.39 is 0 Å². The van der Waals surface area contributed by atoms with Crippen molar-refractivity contribution in [3.05, 3.63) is 29.5 Å². The molecule has 0 aliphatic heterocycles. The molecule has 1 amide bonds. The highest BCUT2D eigenvalue weighted by molar-refractivity contribution is 5.94. The molecule has 1 aliphatic carbocycles. The first-order valence-corrected chi connectivity index (χ1v) is 7.12. The smallest absolute Gasteiger partial charge is 0.221 e. The van der Waals surface area contributed by atoms with Crippen molar-refractivity contribution in [3.63, 3.8) is 0 Å². The van der Waals surface area contributed by atoms with Crippen molar-refractivity contribution in [2.75, 3.05) is 19.4 Å². The summed E-state index contributed by atoms with van der Waals surface area (Å²) in [6.07, 6.45) is 3.37. The Bertz CT molecular complexity index is 657. The Morgan fingerprint density at radius 1 is 1.40 bits per heavy atom. The lowest BCUT2D eigenvalue weighted by atomic mass is 9.91. The number of carbonyl (C=O) groups is 1. The molecule has 20 heavy (non-hydrogen) atoms. The number of rotatable bonds is 2. The molecule has 1 heterocycles. The van der Waals surface area contributed by atoms with Crippen LogP contribution in [0.15, 0.2) is 18.2 Å². The van der Waals surface area contributed by atoms with E-state index in [-0.39, 0.29) is 5.91 Å². The van der Waals surface area contributed by atoms with Gasteiger partial charge >= 0.3 is 0 Å². The molecule has 1 unspecified atom stereocenters. The van der Waals surface area contributed by atoms with Gasteiger partial charge in [0.2, 0.25) is 5.91 Å². The van der Waals surface area contributed by atoms with E-state index in [1.807, 2.05) is 6.07 Å². The van der Waals surface area contributed by atoms with Gasteiger partial charge < -0.3 is 15.2 Å². The van der Waals surface area contributed by atoms with E-state index in [4.69, 9.17) is 0 Å². The minimum Gasteiger partial charge on any atom is -0.358 e. The minimum absolute atomic E-state index is 0.0279. The summed E-state index contributed by atoms with van der Waals surface area (Å²) in [7, 11) is 4.29. The number of anilines is 1. The molecule has 2 aromatic rings. The van der Waals surface area contributed by atoms with Gasteiger partial charge in [0.05, 0.1) is 0 Å². The monoisotopic (exact) mass is 271 g/mol. The van der Waals surface area contributed by atoms with Crippen LogP contribution in [-0.4, -0.2) is 35.9 Å². The van der Waals surface area contributed by atoms with Crippen LogP contribution in [0, 0.1) is 0 Å². The minimum atomic E-state index is -0.0279. The molecular weight excluding hydrogens is 250 g/mol. The Labute approximate surface area is 119 Å². The Morgan fingerprint density at radius 2 is 2.20 bits per heavy atom. The number of H-pyrrole nitrogens is 1. The van der Waals surface area contributed by atoms with Gasteiger partial charge in [-0.1, -0.05) is 0 Å². The van der Waals surface area contributed by atoms with Gasteiger partial charge in [0.1, 0.15) is 0 Å². The van der Waals surface area contributed by atoms with Gasteiger partial charge in [0.15, 0.2) is 0 Å². The van der Waals surface area contributed by atoms with Crippen LogP contribution >= 0.6 is 0 Å². The number of hydrogen-bond acceptors (Lipinski definition) is 2. The molecular formula is C16H21N3O. The highest BCUT2D eigenvalue weighted by atomic mass is 16.1. The number of amides is 1. The van der Waals surface area contributed by atoms with Gasteiger partial charge in [-0.05, 0) is 57.1 Å². The molecule has 1 aromatic carbocycles. The molecule has 1 aromatic heterocycles. The topological polar surface area (TPSA) is 48.1 Å². The molecule has 4 nitrogen and oxygen atoms in total. The molecule has 1 aliphatic rings. The lowest BCUT2D eigenvalue weighted by molar-refractivity contribution is -0.114. The molecule has 106 valence electrons. The number of hydrogen-bond donors (Lipinski definition) is 2. The van der Waals surface area contributed by atoms with Crippen LogP contribution in [0.1, 0.15) is 24.6 Å². The van der Waals surface area contributed by atoms with Crippen molar-refractivity contribution in [1.29, 1.82) is 0 Å². The lowest BCUT2D eigenvalue weighted by Crippen LogP contribution is -2.33. The average molecular weight is 271 g/mol. The second-order valence-electron chi connectivity index (χ2n) is 5.88. The molecule has 0 radical (unpaired) electrons. The predicted octanol–water partition coefficient (Wildman–Crippen LogP) is 2.55. The Hall–Kier alpha value is -1.81. The fraction of sp³-hybridized carbons (Fsp3) is 0.438. The summed E-state index contributed by atoms with van der Waals surface area (Å²) in [6, 6.07) is 6.70. The van der Waals surface area contributed by atoms with Crippen molar-refractivity contribution in [2.24, 2.45) is 0 Å². The Morgan fingerprint density at radius 3 is 2.90 bits per heavy atom. The first-order chi connectivity index (χ1) is 9.54. The molecule has 2 N–H and O–H groups in total. The summed E-state index contributed by atoms with van der Waals surface area (Å²) in [5.41, 5.74) is 4.82. The maximum atomic E-state index is 11.2. The summed E-state index contributed by atoms with van der Waals surface area (Å²) in [5, 5.41) is 4.11. The molecule has 0 fully saturated rings. The number of likely N-dealkylation sites (N-methyl/N-ethyl adjacent to an activating group) is 1. The second kappa shape index (κ2) is 4.94. The average Bonchev–Trinajstić information content (AvgIpc) is 2.75. The zero-order valence-corrected chi connectivity index (χ0v) is 12.3. The van der Waals surface area contributed by atoms with Crippen molar-refractivity contribution < 1.29 is 4.79 Å². The summed E-state index contributed by atoms with van der Waals surface area (Å²) >= 11 is 0. The first-order valence-electron chi connectivity index (χ1n) is 7.12. The molecule has 1 atom stereocenters. The van der Waals surface area contributed by atoms with Crippen molar-refractivity contribution >= 4 is 22.5 Å². The third kappa shape index (κ3) is 2.31. The van der Waals surface area contributed by atoms with Crippen LogP contribution in [-0.2, 0) is 17.6 Å². The Kier molecular flexibility index (Phi) is 3.26. The molecule has 0 saturated heterocycles. The number of aryl methyl sites for hydroxylation is 1. The summed E-state index contributed by atoms with van der Waals surface area (Å²) in [5.74, 6) is -0.0279. The number of fused-ring (bicyclic) bond motifs is 3. The maximum absolute atomic E-state index is 11.2. The number of aromatic amines is 1. The zero-order chi connectivity index (χ0) is 14.3.